The Morgan fingerprint density at radius 1 is 1.00 bits per heavy atom. The first kappa shape index (κ1) is 14.1. The van der Waals surface area contributed by atoms with Gasteiger partial charge >= 0.3 is 6.05 Å². The van der Waals surface area contributed by atoms with Crippen LogP contribution in [0.5, 0.6) is 0 Å². The van der Waals surface area contributed by atoms with Gasteiger partial charge < -0.3 is 0 Å². The lowest BCUT2D eigenvalue weighted by Crippen LogP contribution is -2.48. The highest BCUT2D eigenvalue weighted by Crippen LogP contribution is 2.36. The molecule has 17 heavy (non-hydrogen) atoms. The maximum Gasteiger partial charge on any atom is 0.332 e. The van der Waals surface area contributed by atoms with Crippen molar-refractivity contribution < 1.29 is 8.78 Å². The molecule has 0 saturated heterocycles. The van der Waals surface area contributed by atoms with Crippen molar-refractivity contribution >= 4 is 0 Å². The summed E-state index contributed by atoms with van der Waals surface area (Å²) < 4.78 is 29.0. The van der Waals surface area contributed by atoms with E-state index in [9.17, 15) is 8.78 Å². The Hall–Kier alpha value is -0.960. The monoisotopic (exact) mass is 241 g/mol. The third-order valence-electron chi connectivity index (χ3n) is 2.91. The molecule has 0 aliphatic carbocycles. The molecule has 0 N–H and O–H groups in total. The van der Waals surface area contributed by atoms with Crippen LogP contribution in [0.4, 0.5) is 8.78 Å². The van der Waals surface area contributed by atoms with Crippen molar-refractivity contribution in [2.24, 2.45) is 0 Å². The summed E-state index contributed by atoms with van der Waals surface area (Å²) in [6, 6.07) is 3.34. The molecular weight excluding hydrogens is 220 g/mol. The van der Waals surface area contributed by atoms with Crippen LogP contribution in [0.1, 0.15) is 38.8 Å². The smallest absolute Gasteiger partial charge is 0.236 e. The summed E-state index contributed by atoms with van der Waals surface area (Å²) in [6.45, 7) is 8.92. The minimum atomic E-state index is -2.92. The summed E-state index contributed by atoms with van der Waals surface area (Å²) in [5.41, 5.74) is 0.728. The average Bonchev–Trinajstić information content (AvgIpc) is 2.15. The molecule has 1 aromatic rings. The second kappa shape index (κ2) is 5.13. The van der Waals surface area contributed by atoms with Gasteiger partial charge in [-0.2, -0.15) is 8.78 Å². The summed E-state index contributed by atoms with van der Waals surface area (Å²) in [5.74, 6) is 0. The summed E-state index contributed by atoms with van der Waals surface area (Å²) >= 11 is 0. The summed E-state index contributed by atoms with van der Waals surface area (Å²) in [5, 5.41) is 0. The van der Waals surface area contributed by atoms with E-state index < -0.39 is 6.05 Å². The SMILES string of the molecule is Cc1ccccc1C(F)(F)N(C(C)C)C(C)C. The maximum atomic E-state index is 14.5. The van der Waals surface area contributed by atoms with Crippen LogP contribution in [-0.4, -0.2) is 17.0 Å². The van der Waals surface area contributed by atoms with Gasteiger partial charge in [-0.3, -0.25) is 0 Å². The zero-order chi connectivity index (χ0) is 13.2. The third kappa shape index (κ3) is 2.83. The molecule has 1 aromatic carbocycles. The molecule has 1 rings (SSSR count). The van der Waals surface area contributed by atoms with Gasteiger partial charge in [0.2, 0.25) is 0 Å². The van der Waals surface area contributed by atoms with Crippen molar-refractivity contribution in [3.8, 4) is 0 Å². The molecule has 3 heteroatoms. The molecule has 0 radical (unpaired) electrons. The fourth-order valence-electron chi connectivity index (χ4n) is 2.29. The van der Waals surface area contributed by atoms with Crippen LogP contribution >= 0.6 is 0 Å². The molecule has 0 fully saturated rings. The Morgan fingerprint density at radius 3 is 1.88 bits per heavy atom. The van der Waals surface area contributed by atoms with Crippen molar-refractivity contribution in [3.63, 3.8) is 0 Å². The van der Waals surface area contributed by atoms with E-state index in [4.69, 9.17) is 0 Å². The number of alkyl halides is 2. The zero-order valence-corrected chi connectivity index (χ0v) is 11.2. The summed E-state index contributed by atoms with van der Waals surface area (Å²) in [7, 11) is 0. The molecule has 0 atom stereocenters. The van der Waals surface area contributed by atoms with Crippen LogP contribution in [0.25, 0.3) is 0 Å². The highest BCUT2D eigenvalue weighted by molar-refractivity contribution is 5.29. The molecule has 1 nitrogen and oxygen atoms in total. The molecule has 0 spiro atoms. The Balaban J connectivity index is 3.21. The Morgan fingerprint density at radius 2 is 1.47 bits per heavy atom. The highest BCUT2D eigenvalue weighted by Gasteiger charge is 2.42. The van der Waals surface area contributed by atoms with Gasteiger partial charge in [0.15, 0.2) is 0 Å². The van der Waals surface area contributed by atoms with Crippen molar-refractivity contribution in [1.82, 2.24) is 4.90 Å². The predicted octanol–water partition coefficient (Wildman–Crippen LogP) is 4.16. The van der Waals surface area contributed by atoms with Crippen LogP contribution in [0.2, 0.25) is 0 Å². The molecule has 0 bridgehead atoms. The number of hydrogen-bond donors (Lipinski definition) is 0. The molecule has 0 heterocycles. The molecule has 0 amide bonds. The number of benzene rings is 1. The van der Waals surface area contributed by atoms with Gasteiger partial charge in [0.1, 0.15) is 0 Å². The van der Waals surface area contributed by atoms with Gasteiger partial charge in [-0.15, -0.1) is 0 Å². The van der Waals surface area contributed by atoms with E-state index in [1.165, 1.54) is 11.0 Å². The van der Waals surface area contributed by atoms with Crippen LogP contribution < -0.4 is 0 Å². The molecule has 0 unspecified atom stereocenters. The van der Waals surface area contributed by atoms with Gasteiger partial charge in [-0.1, -0.05) is 24.3 Å². The first-order valence-corrected chi connectivity index (χ1v) is 6.00. The van der Waals surface area contributed by atoms with Gasteiger partial charge in [0.25, 0.3) is 0 Å². The maximum absolute atomic E-state index is 14.5. The van der Waals surface area contributed by atoms with Gasteiger partial charge in [0, 0.05) is 17.6 Å². The third-order valence-corrected chi connectivity index (χ3v) is 2.91. The molecular formula is C14H21F2N. The quantitative estimate of drug-likeness (QED) is 0.715. The lowest BCUT2D eigenvalue weighted by molar-refractivity contribution is -0.183. The normalized spacial score (nSPS) is 12.8. The fraction of sp³-hybridized carbons (Fsp3) is 0.571. The minimum Gasteiger partial charge on any atom is -0.236 e. The van der Waals surface area contributed by atoms with Crippen molar-refractivity contribution in [2.75, 3.05) is 0 Å². The van der Waals surface area contributed by atoms with Crippen molar-refractivity contribution in [3.05, 3.63) is 35.4 Å². The number of hydrogen-bond acceptors (Lipinski definition) is 1. The standard InChI is InChI=1S/C14H21F2N/c1-10(2)17(11(3)4)14(15,16)13-9-7-6-8-12(13)5/h6-11H,1-5H3. The summed E-state index contributed by atoms with van der Waals surface area (Å²) in [4.78, 5) is 1.25. The molecule has 96 valence electrons. The molecule has 0 saturated carbocycles. The predicted molar refractivity (Wildman–Crippen MR) is 67.2 cm³/mol. The van der Waals surface area contributed by atoms with E-state index in [1.807, 2.05) is 0 Å². The topological polar surface area (TPSA) is 3.24 Å². The van der Waals surface area contributed by atoms with E-state index in [-0.39, 0.29) is 17.6 Å². The Kier molecular flexibility index (Phi) is 4.26. The van der Waals surface area contributed by atoms with Crippen LogP contribution in [-0.2, 0) is 6.05 Å². The van der Waals surface area contributed by atoms with Gasteiger partial charge in [0.05, 0.1) is 0 Å². The zero-order valence-electron chi connectivity index (χ0n) is 11.2. The Labute approximate surface area is 102 Å². The van der Waals surface area contributed by atoms with E-state index >= 15 is 0 Å². The minimum absolute atomic E-state index is 0.0994. The molecule has 0 aliphatic heterocycles. The second-order valence-electron chi connectivity index (χ2n) is 4.95. The lowest BCUT2D eigenvalue weighted by Gasteiger charge is -2.38. The first-order valence-electron chi connectivity index (χ1n) is 6.00. The number of nitrogens with zero attached hydrogens (tertiary/aromatic N) is 1. The molecule has 0 aliphatic rings. The number of halogens is 2. The van der Waals surface area contributed by atoms with Crippen LogP contribution in [0, 0.1) is 6.92 Å². The summed E-state index contributed by atoms with van der Waals surface area (Å²) in [6.07, 6.45) is 0. The van der Waals surface area contributed by atoms with Crippen LogP contribution in [0.15, 0.2) is 24.3 Å². The van der Waals surface area contributed by atoms with Gasteiger partial charge in [-0.05, 0) is 40.2 Å². The van der Waals surface area contributed by atoms with Gasteiger partial charge in [-0.25, -0.2) is 4.90 Å². The van der Waals surface area contributed by atoms with E-state index in [2.05, 4.69) is 0 Å². The first-order chi connectivity index (χ1) is 7.78. The fourth-order valence-corrected chi connectivity index (χ4v) is 2.29. The van der Waals surface area contributed by atoms with E-state index in [0.29, 0.717) is 5.56 Å². The average molecular weight is 241 g/mol. The lowest BCUT2D eigenvalue weighted by atomic mass is 10.0. The van der Waals surface area contributed by atoms with E-state index in [0.717, 1.165) is 0 Å². The molecule has 0 aromatic heterocycles. The highest BCUT2D eigenvalue weighted by atomic mass is 19.3. The van der Waals surface area contributed by atoms with Crippen molar-refractivity contribution in [1.29, 1.82) is 0 Å². The van der Waals surface area contributed by atoms with Crippen molar-refractivity contribution in [2.45, 2.75) is 52.7 Å². The Bertz CT molecular complexity index is 364. The van der Waals surface area contributed by atoms with E-state index in [1.54, 1.807) is 52.8 Å². The van der Waals surface area contributed by atoms with Crippen LogP contribution in [0.3, 0.4) is 0 Å². The number of rotatable bonds is 4. The second-order valence-corrected chi connectivity index (χ2v) is 4.95. The number of aryl methyl sites for hydroxylation is 1. The largest absolute Gasteiger partial charge is 0.332 e.